The zero-order valence-corrected chi connectivity index (χ0v) is 7.80. The predicted octanol–water partition coefficient (Wildman–Crippen LogP) is 2.66. The molecule has 1 unspecified atom stereocenters. The van der Waals surface area contributed by atoms with E-state index >= 15 is 0 Å². The molecule has 0 radical (unpaired) electrons. The Kier molecular flexibility index (Phi) is 2.50. The molecule has 0 aromatic carbocycles. The van der Waals surface area contributed by atoms with Gasteiger partial charge in [-0.1, -0.05) is 13.3 Å². The summed E-state index contributed by atoms with van der Waals surface area (Å²) in [6.07, 6.45) is 9.38. The third kappa shape index (κ3) is 2.19. The van der Waals surface area contributed by atoms with Gasteiger partial charge in [0.05, 0.1) is 13.6 Å². The Morgan fingerprint density at radius 2 is 2.18 bits per heavy atom. The number of rotatable bonds is 3. The lowest BCUT2D eigenvalue weighted by Gasteiger charge is -2.22. The van der Waals surface area contributed by atoms with E-state index < -0.39 is 0 Å². The molecule has 0 saturated carbocycles. The van der Waals surface area contributed by atoms with Gasteiger partial charge in [0.2, 0.25) is 0 Å². The molecular formula is C10H18N+. The van der Waals surface area contributed by atoms with Crippen molar-refractivity contribution in [1.82, 2.24) is 0 Å². The van der Waals surface area contributed by atoms with Gasteiger partial charge in [0.25, 0.3) is 0 Å². The van der Waals surface area contributed by atoms with Crippen LogP contribution in [0, 0.1) is 0 Å². The van der Waals surface area contributed by atoms with Crippen LogP contribution in [0.4, 0.5) is 0 Å². The highest BCUT2D eigenvalue weighted by atomic mass is 15.3. The zero-order chi connectivity index (χ0) is 8.32. The maximum atomic E-state index is 2.32. The van der Waals surface area contributed by atoms with Crippen LogP contribution in [0.25, 0.3) is 0 Å². The second kappa shape index (κ2) is 3.22. The highest BCUT2D eigenvalue weighted by Crippen LogP contribution is 2.18. The highest BCUT2D eigenvalue weighted by Gasteiger charge is 2.18. The maximum absolute atomic E-state index is 2.32. The molecular weight excluding hydrogens is 134 g/mol. The summed E-state index contributed by atoms with van der Waals surface area (Å²) in [6, 6.07) is 0. The largest absolute Gasteiger partial charge is 0.273 e. The first kappa shape index (κ1) is 8.54. The molecule has 0 aliphatic carbocycles. The lowest BCUT2D eigenvalue weighted by atomic mass is 10.3. The van der Waals surface area contributed by atoms with Crippen molar-refractivity contribution in [3.05, 3.63) is 24.0 Å². The summed E-state index contributed by atoms with van der Waals surface area (Å²) in [4.78, 5) is 0. The normalized spacial score (nSPS) is 29.2. The lowest BCUT2D eigenvalue weighted by molar-refractivity contribution is -0.804. The first-order chi connectivity index (χ1) is 5.16. The Morgan fingerprint density at radius 1 is 1.45 bits per heavy atom. The van der Waals surface area contributed by atoms with Crippen molar-refractivity contribution in [2.75, 3.05) is 13.6 Å². The van der Waals surface area contributed by atoms with Crippen LogP contribution in [0.1, 0.15) is 26.7 Å². The number of hydrogen-bond donors (Lipinski definition) is 0. The van der Waals surface area contributed by atoms with Crippen molar-refractivity contribution in [2.24, 2.45) is 0 Å². The predicted molar refractivity (Wildman–Crippen MR) is 48.9 cm³/mol. The van der Waals surface area contributed by atoms with E-state index in [4.69, 9.17) is 0 Å². The van der Waals surface area contributed by atoms with E-state index in [1.807, 2.05) is 0 Å². The molecule has 0 amide bonds. The van der Waals surface area contributed by atoms with E-state index in [1.165, 1.54) is 25.0 Å². The summed E-state index contributed by atoms with van der Waals surface area (Å²) in [6.45, 7) is 5.64. The van der Waals surface area contributed by atoms with Gasteiger partial charge in [-0.2, -0.15) is 0 Å². The molecule has 0 aromatic rings. The molecule has 0 saturated heterocycles. The molecule has 1 nitrogen and oxygen atoms in total. The Morgan fingerprint density at radius 3 is 2.64 bits per heavy atom. The van der Waals surface area contributed by atoms with E-state index in [1.54, 1.807) is 0 Å². The van der Waals surface area contributed by atoms with Crippen LogP contribution in [0.5, 0.6) is 0 Å². The van der Waals surface area contributed by atoms with E-state index in [-0.39, 0.29) is 0 Å². The number of allylic oxidation sites excluding steroid dienone is 2. The van der Waals surface area contributed by atoms with E-state index in [0.717, 1.165) is 4.48 Å². The first-order valence-electron chi connectivity index (χ1n) is 4.40. The fraction of sp³-hybridized carbons (Fsp3) is 0.600. The molecule has 62 valence electrons. The van der Waals surface area contributed by atoms with Crippen LogP contribution < -0.4 is 0 Å². The molecule has 0 N–H and O–H groups in total. The van der Waals surface area contributed by atoms with Crippen LogP contribution in [-0.4, -0.2) is 18.1 Å². The van der Waals surface area contributed by atoms with Crippen molar-refractivity contribution in [3.63, 3.8) is 0 Å². The highest BCUT2D eigenvalue weighted by molar-refractivity contribution is 5.16. The second-order valence-corrected chi connectivity index (χ2v) is 3.61. The molecule has 1 atom stereocenters. The average molecular weight is 152 g/mol. The Balaban J connectivity index is 2.50. The van der Waals surface area contributed by atoms with Crippen molar-refractivity contribution < 1.29 is 4.48 Å². The SMILES string of the molecule is CCCC[N+]1(C)C=CC(C)=C1. The van der Waals surface area contributed by atoms with Crippen molar-refractivity contribution in [3.8, 4) is 0 Å². The van der Waals surface area contributed by atoms with E-state index in [2.05, 4.69) is 39.4 Å². The summed E-state index contributed by atoms with van der Waals surface area (Å²) in [5.41, 5.74) is 1.39. The van der Waals surface area contributed by atoms with Crippen molar-refractivity contribution in [1.29, 1.82) is 0 Å². The summed E-state index contributed by atoms with van der Waals surface area (Å²) in [5.74, 6) is 0. The first-order valence-corrected chi connectivity index (χ1v) is 4.40. The average Bonchev–Trinajstić information content (AvgIpc) is 2.28. The van der Waals surface area contributed by atoms with Gasteiger partial charge in [0.15, 0.2) is 0 Å². The molecule has 1 aliphatic rings. The Bertz CT molecular complexity index is 191. The molecule has 1 heteroatoms. The smallest absolute Gasteiger partial charge is 0.103 e. The zero-order valence-electron chi connectivity index (χ0n) is 7.80. The minimum Gasteiger partial charge on any atom is -0.273 e. The molecule has 0 aromatic heterocycles. The molecule has 1 aliphatic heterocycles. The van der Waals surface area contributed by atoms with Crippen LogP contribution in [0.15, 0.2) is 24.0 Å². The monoisotopic (exact) mass is 152 g/mol. The molecule has 0 fully saturated rings. The van der Waals surface area contributed by atoms with Crippen LogP contribution in [0.2, 0.25) is 0 Å². The van der Waals surface area contributed by atoms with Gasteiger partial charge in [-0.25, -0.2) is 0 Å². The minimum atomic E-state index is 1.000. The third-order valence-electron chi connectivity index (χ3n) is 2.17. The number of unbranched alkanes of at least 4 members (excludes halogenated alkanes) is 1. The molecule has 0 bridgehead atoms. The van der Waals surface area contributed by atoms with Crippen LogP contribution in [0.3, 0.4) is 0 Å². The Labute approximate surface area is 69.6 Å². The van der Waals surface area contributed by atoms with Crippen LogP contribution >= 0.6 is 0 Å². The van der Waals surface area contributed by atoms with Gasteiger partial charge >= 0.3 is 0 Å². The molecule has 0 spiro atoms. The summed E-state index contributed by atoms with van der Waals surface area (Å²) < 4.78 is 1.000. The topological polar surface area (TPSA) is 0 Å². The standard InChI is InChI=1S/C10H18N/c1-4-5-7-11(3)8-6-10(2)9-11/h6,8-9H,4-5,7H2,1-3H3/q+1. The minimum absolute atomic E-state index is 1.000. The quantitative estimate of drug-likeness (QED) is 0.545. The lowest BCUT2D eigenvalue weighted by Crippen LogP contribution is -2.31. The van der Waals surface area contributed by atoms with Crippen molar-refractivity contribution in [2.45, 2.75) is 26.7 Å². The van der Waals surface area contributed by atoms with Gasteiger partial charge in [-0.05, 0) is 19.4 Å². The summed E-state index contributed by atoms with van der Waals surface area (Å²) in [7, 11) is 2.25. The summed E-state index contributed by atoms with van der Waals surface area (Å²) in [5, 5.41) is 0. The van der Waals surface area contributed by atoms with Gasteiger partial charge in [-0.3, -0.25) is 4.48 Å². The Hall–Kier alpha value is -0.560. The van der Waals surface area contributed by atoms with Gasteiger partial charge < -0.3 is 0 Å². The fourth-order valence-corrected chi connectivity index (χ4v) is 1.48. The number of nitrogens with zero attached hydrogens (tertiary/aromatic N) is 1. The van der Waals surface area contributed by atoms with E-state index in [9.17, 15) is 0 Å². The van der Waals surface area contributed by atoms with Crippen LogP contribution in [-0.2, 0) is 0 Å². The van der Waals surface area contributed by atoms with Gasteiger partial charge in [-0.15, -0.1) is 0 Å². The molecule has 1 rings (SSSR count). The number of hydrogen-bond acceptors (Lipinski definition) is 0. The fourth-order valence-electron chi connectivity index (χ4n) is 1.48. The molecule has 1 heterocycles. The second-order valence-electron chi connectivity index (χ2n) is 3.61. The molecule has 11 heavy (non-hydrogen) atoms. The van der Waals surface area contributed by atoms with Crippen molar-refractivity contribution >= 4 is 0 Å². The third-order valence-corrected chi connectivity index (χ3v) is 2.17. The van der Waals surface area contributed by atoms with Gasteiger partial charge in [0, 0.05) is 5.57 Å². The van der Waals surface area contributed by atoms with Gasteiger partial charge in [0.1, 0.15) is 12.4 Å². The summed E-state index contributed by atoms with van der Waals surface area (Å²) >= 11 is 0. The maximum Gasteiger partial charge on any atom is 0.103 e. The van der Waals surface area contributed by atoms with E-state index in [0.29, 0.717) is 0 Å². The number of quaternary nitrogens is 1.